The van der Waals surface area contributed by atoms with Gasteiger partial charge in [-0.3, -0.25) is 0 Å². The first-order valence-electron chi connectivity index (χ1n) is 5.76. The van der Waals surface area contributed by atoms with E-state index in [1.54, 1.807) is 0 Å². The molecule has 0 saturated carbocycles. The van der Waals surface area contributed by atoms with Crippen molar-refractivity contribution >= 4 is 11.6 Å². The summed E-state index contributed by atoms with van der Waals surface area (Å²) in [6, 6.07) is 6.20. The zero-order valence-electron chi connectivity index (χ0n) is 10.2. The molecule has 3 nitrogen and oxygen atoms in total. The molecule has 0 aliphatic heterocycles. The van der Waals surface area contributed by atoms with Crippen LogP contribution < -0.4 is 0 Å². The van der Waals surface area contributed by atoms with Gasteiger partial charge in [0, 0.05) is 5.88 Å². The molecule has 90 valence electrons. The minimum absolute atomic E-state index is 0.663. The zero-order valence-corrected chi connectivity index (χ0v) is 10.9. The summed E-state index contributed by atoms with van der Waals surface area (Å²) in [4.78, 5) is 0. The lowest BCUT2D eigenvalue weighted by atomic mass is 10.1. The Hall–Kier alpha value is -1.35. The van der Waals surface area contributed by atoms with E-state index in [4.69, 9.17) is 11.6 Å². The van der Waals surface area contributed by atoms with Gasteiger partial charge in [0.25, 0.3) is 0 Å². The Bertz CT molecular complexity index is 505. The molecule has 0 N–H and O–H groups in total. The molecule has 2 rings (SSSR count). The summed E-state index contributed by atoms with van der Waals surface area (Å²) < 4.78 is 1.84. The van der Waals surface area contributed by atoms with Gasteiger partial charge in [-0.25, -0.2) is 4.68 Å². The summed E-state index contributed by atoms with van der Waals surface area (Å²) in [5.74, 6) is 0.663. The van der Waals surface area contributed by atoms with Crippen molar-refractivity contribution in [2.45, 2.75) is 26.7 Å². The third-order valence-electron chi connectivity index (χ3n) is 2.93. The lowest BCUT2D eigenvalue weighted by molar-refractivity contribution is 0.787. The van der Waals surface area contributed by atoms with Crippen LogP contribution in [0.15, 0.2) is 24.4 Å². The molecule has 17 heavy (non-hydrogen) atoms. The monoisotopic (exact) mass is 249 g/mol. The zero-order chi connectivity index (χ0) is 12.3. The first kappa shape index (κ1) is 12.1. The molecule has 1 heterocycles. The van der Waals surface area contributed by atoms with Crippen LogP contribution in [0.5, 0.6) is 0 Å². The first-order valence-corrected chi connectivity index (χ1v) is 6.29. The normalized spacial score (nSPS) is 10.8. The smallest absolute Gasteiger partial charge is 0.0832 e. The lowest BCUT2D eigenvalue weighted by Crippen LogP contribution is -1.99. The SMILES string of the molecule is Cc1cccc(-n2cc(CCCCl)nn2)c1C. The van der Waals surface area contributed by atoms with Crippen molar-refractivity contribution in [1.82, 2.24) is 15.0 Å². The lowest BCUT2D eigenvalue weighted by Gasteiger charge is -2.06. The molecule has 0 amide bonds. The van der Waals surface area contributed by atoms with Crippen LogP contribution in [-0.2, 0) is 6.42 Å². The summed E-state index contributed by atoms with van der Waals surface area (Å²) in [5, 5.41) is 8.32. The Morgan fingerprint density at radius 1 is 1.29 bits per heavy atom. The fourth-order valence-electron chi connectivity index (χ4n) is 1.76. The largest absolute Gasteiger partial charge is 0.220 e. The molecule has 0 spiro atoms. The standard InChI is InChI=1S/C13H16ClN3/c1-10-5-3-7-13(11(10)2)17-9-12(15-16-17)6-4-8-14/h3,5,7,9H,4,6,8H2,1-2H3. The first-order chi connectivity index (χ1) is 8.22. The van der Waals surface area contributed by atoms with Crippen LogP contribution in [0.3, 0.4) is 0 Å². The Morgan fingerprint density at radius 3 is 2.88 bits per heavy atom. The predicted octanol–water partition coefficient (Wildman–Crippen LogP) is 3.06. The van der Waals surface area contributed by atoms with Crippen molar-refractivity contribution in [3.63, 3.8) is 0 Å². The summed E-state index contributed by atoms with van der Waals surface area (Å²) in [6.45, 7) is 4.20. The van der Waals surface area contributed by atoms with Crippen molar-refractivity contribution in [2.24, 2.45) is 0 Å². The maximum atomic E-state index is 5.67. The summed E-state index contributed by atoms with van der Waals surface area (Å²) in [5.41, 5.74) is 4.59. The van der Waals surface area contributed by atoms with Crippen LogP contribution in [-0.4, -0.2) is 20.9 Å². The van der Waals surface area contributed by atoms with Gasteiger partial charge in [0.15, 0.2) is 0 Å². The quantitative estimate of drug-likeness (QED) is 0.780. The van der Waals surface area contributed by atoms with E-state index in [2.05, 4.69) is 36.3 Å². The van der Waals surface area contributed by atoms with Crippen molar-refractivity contribution in [2.75, 3.05) is 5.88 Å². The van der Waals surface area contributed by atoms with Crippen LogP contribution in [0.4, 0.5) is 0 Å². The Kier molecular flexibility index (Phi) is 3.79. The fourth-order valence-corrected chi connectivity index (χ4v) is 1.90. The maximum absolute atomic E-state index is 5.67. The second-order valence-electron chi connectivity index (χ2n) is 4.17. The van der Waals surface area contributed by atoms with E-state index in [9.17, 15) is 0 Å². The number of hydrogen-bond donors (Lipinski definition) is 0. The molecule has 2 aromatic rings. The molecule has 0 atom stereocenters. The molecule has 0 aliphatic rings. The number of aryl methyl sites for hydroxylation is 2. The Labute approximate surface area is 106 Å². The highest BCUT2D eigenvalue weighted by Crippen LogP contribution is 2.16. The molecule has 0 saturated heterocycles. The molecule has 0 fully saturated rings. The number of nitrogens with zero attached hydrogens (tertiary/aromatic N) is 3. The van der Waals surface area contributed by atoms with Gasteiger partial charge in [-0.2, -0.15) is 0 Å². The predicted molar refractivity (Wildman–Crippen MR) is 69.9 cm³/mol. The maximum Gasteiger partial charge on any atom is 0.0832 e. The Balaban J connectivity index is 2.27. The number of aromatic nitrogens is 3. The van der Waals surface area contributed by atoms with Crippen molar-refractivity contribution in [3.05, 3.63) is 41.2 Å². The third-order valence-corrected chi connectivity index (χ3v) is 3.20. The molecule has 1 aromatic carbocycles. The number of rotatable bonds is 4. The van der Waals surface area contributed by atoms with Crippen LogP contribution in [0, 0.1) is 13.8 Å². The van der Waals surface area contributed by atoms with E-state index in [0.717, 1.165) is 24.2 Å². The second-order valence-corrected chi connectivity index (χ2v) is 4.54. The van der Waals surface area contributed by atoms with Crippen molar-refractivity contribution in [3.8, 4) is 5.69 Å². The van der Waals surface area contributed by atoms with Gasteiger partial charge < -0.3 is 0 Å². The van der Waals surface area contributed by atoms with E-state index >= 15 is 0 Å². The number of benzene rings is 1. The Morgan fingerprint density at radius 2 is 2.12 bits per heavy atom. The minimum Gasteiger partial charge on any atom is -0.220 e. The van der Waals surface area contributed by atoms with Gasteiger partial charge >= 0.3 is 0 Å². The fraction of sp³-hybridized carbons (Fsp3) is 0.385. The van der Waals surface area contributed by atoms with Crippen LogP contribution >= 0.6 is 11.6 Å². The molecule has 0 radical (unpaired) electrons. The number of halogens is 1. The molecule has 1 aromatic heterocycles. The topological polar surface area (TPSA) is 30.7 Å². The van der Waals surface area contributed by atoms with E-state index in [1.807, 2.05) is 16.9 Å². The van der Waals surface area contributed by atoms with E-state index in [1.165, 1.54) is 11.1 Å². The molecular weight excluding hydrogens is 234 g/mol. The number of alkyl halides is 1. The van der Waals surface area contributed by atoms with Gasteiger partial charge in [0.05, 0.1) is 17.6 Å². The van der Waals surface area contributed by atoms with E-state index < -0.39 is 0 Å². The molecule has 0 bridgehead atoms. The average Bonchev–Trinajstić information content (AvgIpc) is 2.78. The highest BCUT2D eigenvalue weighted by molar-refractivity contribution is 6.17. The van der Waals surface area contributed by atoms with Crippen LogP contribution in [0.2, 0.25) is 0 Å². The summed E-state index contributed by atoms with van der Waals surface area (Å²) in [6.07, 6.45) is 3.80. The summed E-state index contributed by atoms with van der Waals surface area (Å²) in [7, 11) is 0. The average molecular weight is 250 g/mol. The van der Waals surface area contributed by atoms with Gasteiger partial charge in [-0.1, -0.05) is 17.3 Å². The molecule has 4 heteroatoms. The van der Waals surface area contributed by atoms with E-state index in [0.29, 0.717) is 5.88 Å². The van der Waals surface area contributed by atoms with E-state index in [-0.39, 0.29) is 0 Å². The van der Waals surface area contributed by atoms with Gasteiger partial charge in [-0.05, 0) is 43.9 Å². The van der Waals surface area contributed by atoms with Crippen molar-refractivity contribution in [1.29, 1.82) is 0 Å². The van der Waals surface area contributed by atoms with Crippen molar-refractivity contribution < 1.29 is 0 Å². The minimum atomic E-state index is 0.663. The second kappa shape index (κ2) is 5.32. The highest BCUT2D eigenvalue weighted by atomic mass is 35.5. The molecule has 0 unspecified atom stereocenters. The highest BCUT2D eigenvalue weighted by Gasteiger charge is 2.06. The van der Waals surface area contributed by atoms with Gasteiger partial charge in [0.1, 0.15) is 0 Å². The molecule has 0 aliphatic carbocycles. The summed E-state index contributed by atoms with van der Waals surface area (Å²) >= 11 is 5.67. The van der Waals surface area contributed by atoms with Crippen LogP contribution in [0.1, 0.15) is 23.2 Å². The van der Waals surface area contributed by atoms with Gasteiger partial charge in [0.2, 0.25) is 0 Å². The molecular formula is C13H16ClN3. The third kappa shape index (κ3) is 2.67. The number of hydrogen-bond acceptors (Lipinski definition) is 2. The van der Waals surface area contributed by atoms with Crippen LogP contribution in [0.25, 0.3) is 5.69 Å². The van der Waals surface area contributed by atoms with Gasteiger partial charge in [-0.15, -0.1) is 16.7 Å².